The maximum absolute atomic E-state index is 11.2. The van der Waals surface area contributed by atoms with E-state index in [4.69, 9.17) is 0 Å². The predicted octanol–water partition coefficient (Wildman–Crippen LogP) is 2.50. The summed E-state index contributed by atoms with van der Waals surface area (Å²) in [5.41, 5.74) is 0.324. The first-order chi connectivity index (χ1) is 7.97. The summed E-state index contributed by atoms with van der Waals surface area (Å²) in [6, 6.07) is 5.55. The van der Waals surface area contributed by atoms with E-state index in [0.717, 1.165) is 0 Å². The first kappa shape index (κ1) is 13.5. The summed E-state index contributed by atoms with van der Waals surface area (Å²) in [5.74, 6) is -0.305. The molecule has 0 aliphatic carbocycles. The molecule has 0 saturated heterocycles. The van der Waals surface area contributed by atoms with Gasteiger partial charge in [0.05, 0.1) is 4.92 Å². The van der Waals surface area contributed by atoms with Gasteiger partial charge < -0.3 is 5.11 Å². The third-order valence-electron chi connectivity index (χ3n) is 2.22. The Bertz CT molecular complexity index is 484. The van der Waals surface area contributed by atoms with Crippen molar-refractivity contribution in [2.75, 3.05) is 0 Å². The molecule has 17 heavy (non-hydrogen) atoms. The van der Waals surface area contributed by atoms with Gasteiger partial charge in [-0.25, -0.2) is 0 Å². The van der Waals surface area contributed by atoms with Crippen LogP contribution in [0.15, 0.2) is 34.8 Å². The van der Waals surface area contributed by atoms with Crippen LogP contribution >= 0.6 is 15.9 Å². The second-order valence-electron chi connectivity index (χ2n) is 3.38. The summed E-state index contributed by atoms with van der Waals surface area (Å²) in [6.45, 7) is 1.31. The van der Waals surface area contributed by atoms with Crippen molar-refractivity contribution >= 4 is 27.4 Å². The molecule has 0 heterocycles. The fourth-order valence-corrected chi connectivity index (χ4v) is 1.89. The minimum absolute atomic E-state index is 0.126. The fourth-order valence-electron chi connectivity index (χ4n) is 1.32. The van der Waals surface area contributed by atoms with Gasteiger partial charge in [-0.3, -0.25) is 14.9 Å². The molecule has 1 N–H and O–H groups in total. The van der Waals surface area contributed by atoms with Gasteiger partial charge in [-0.1, -0.05) is 28.1 Å². The summed E-state index contributed by atoms with van der Waals surface area (Å²) in [7, 11) is 0. The number of hydrogen-bond acceptors (Lipinski definition) is 4. The van der Waals surface area contributed by atoms with Crippen LogP contribution in [-0.4, -0.2) is 15.8 Å². The predicted molar refractivity (Wildman–Crippen MR) is 65.7 cm³/mol. The number of aliphatic hydroxyl groups is 1. The molecule has 0 spiro atoms. The Hall–Kier alpha value is -1.53. The molecule has 0 saturated carbocycles. The van der Waals surface area contributed by atoms with E-state index in [1.165, 1.54) is 36.2 Å². The average Bonchev–Trinajstić information content (AvgIpc) is 2.29. The van der Waals surface area contributed by atoms with Crippen LogP contribution in [0.5, 0.6) is 0 Å². The lowest BCUT2D eigenvalue weighted by molar-refractivity contribution is -0.385. The number of carbonyl (C=O) groups is 1. The minimum atomic E-state index is -1.17. The quantitative estimate of drug-likeness (QED) is 0.526. The molecule has 6 heteroatoms. The first-order valence-electron chi connectivity index (χ1n) is 4.71. The highest BCUT2D eigenvalue weighted by Crippen LogP contribution is 2.26. The molecule has 90 valence electrons. The monoisotopic (exact) mass is 299 g/mol. The van der Waals surface area contributed by atoms with Gasteiger partial charge in [-0.2, -0.15) is 0 Å². The van der Waals surface area contributed by atoms with Crippen molar-refractivity contribution in [3.63, 3.8) is 0 Å². The van der Waals surface area contributed by atoms with Gasteiger partial charge in [0.25, 0.3) is 5.69 Å². The van der Waals surface area contributed by atoms with Crippen LogP contribution in [0.4, 0.5) is 5.69 Å². The molecule has 1 unspecified atom stereocenters. The molecule has 1 rings (SSSR count). The van der Waals surface area contributed by atoms with Crippen LogP contribution in [0, 0.1) is 10.1 Å². The van der Waals surface area contributed by atoms with Crippen molar-refractivity contribution in [2.24, 2.45) is 0 Å². The number of nitro groups is 1. The highest BCUT2D eigenvalue weighted by atomic mass is 79.9. The Kier molecular flexibility index (Phi) is 4.53. The molecule has 1 atom stereocenters. The number of aliphatic hydroxyl groups excluding tert-OH is 1. The molecular weight excluding hydrogens is 290 g/mol. The van der Waals surface area contributed by atoms with Gasteiger partial charge in [-0.05, 0) is 17.5 Å². The molecule has 0 aromatic heterocycles. The molecular formula is C11H10BrNO4. The van der Waals surface area contributed by atoms with Crippen LogP contribution in [0.1, 0.15) is 18.6 Å². The van der Waals surface area contributed by atoms with Crippen molar-refractivity contribution in [1.82, 2.24) is 0 Å². The van der Waals surface area contributed by atoms with Crippen molar-refractivity contribution in [2.45, 2.75) is 13.0 Å². The van der Waals surface area contributed by atoms with E-state index in [-0.39, 0.29) is 17.0 Å². The second-order valence-corrected chi connectivity index (χ2v) is 3.83. The number of halogens is 1. The van der Waals surface area contributed by atoms with Crippen LogP contribution in [0.25, 0.3) is 0 Å². The van der Waals surface area contributed by atoms with E-state index in [1.54, 1.807) is 0 Å². The number of benzene rings is 1. The molecule has 1 aromatic carbocycles. The summed E-state index contributed by atoms with van der Waals surface area (Å²) in [6.07, 6.45) is -1.17. The standard InChI is InChI=1S/C11H10BrNO4/c1-7(14)10(6-12)11(15)8-3-2-4-9(5-8)13(16)17/h2-6,11,15H,1H3/b10-6+. The molecule has 5 nitrogen and oxygen atoms in total. The molecule has 0 bridgehead atoms. The third kappa shape index (κ3) is 3.21. The zero-order chi connectivity index (χ0) is 13.0. The number of carbonyl (C=O) groups excluding carboxylic acids is 1. The average molecular weight is 300 g/mol. The molecule has 0 radical (unpaired) electrons. The Labute approximate surface area is 106 Å². The number of ketones is 1. The van der Waals surface area contributed by atoms with E-state index in [2.05, 4.69) is 15.9 Å². The number of Topliss-reactive ketones (excluding diaryl/α,β-unsaturated/α-hetero) is 1. The normalized spacial score (nSPS) is 13.2. The number of non-ortho nitro benzene ring substituents is 1. The van der Waals surface area contributed by atoms with E-state index in [1.807, 2.05) is 0 Å². The van der Waals surface area contributed by atoms with Crippen molar-refractivity contribution in [3.05, 3.63) is 50.5 Å². The Morgan fingerprint density at radius 2 is 2.24 bits per heavy atom. The minimum Gasteiger partial charge on any atom is -0.384 e. The zero-order valence-corrected chi connectivity index (χ0v) is 10.5. The van der Waals surface area contributed by atoms with Crippen molar-refractivity contribution < 1.29 is 14.8 Å². The topological polar surface area (TPSA) is 80.4 Å². The number of hydrogen-bond donors (Lipinski definition) is 1. The van der Waals surface area contributed by atoms with E-state index in [9.17, 15) is 20.0 Å². The molecule has 1 aromatic rings. The maximum atomic E-state index is 11.2. The first-order valence-corrected chi connectivity index (χ1v) is 5.62. The summed E-state index contributed by atoms with van der Waals surface area (Å²) in [4.78, 5) is 22.6. The summed E-state index contributed by atoms with van der Waals surface area (Å²) < 4.78 is 0. The lowest BCUT2D eigenvalue weighted by Crippen LogP contribution is -2.08. The number of nitrogens with zero attached hydrogens (tertiary/aromatic N) is 1. The van der Waals surface area contributed by atoms with E-state index < -0.39 is 11.0 Å². The summed E-state index contributed by atoms with van der Waals surface area (Å²) >= 11 is 2.99. The zero-order valence-electron chi connectivity index (χ0n) is 8.96. The van der Waals surface area contributed by atoms with Gasteiger partial charge in [0, 0.05) is 17.7 Å². The van der Waals surface area contributed by atoms with Gasteiger partial charge in [0.15, 0.2) is 5.78 Å². The van der Waals surface area contributed by atoms with Crippen LogP contribution in [-0.2, 0) is 4.79 Å². The Morgan fingerprint density at radius 3 is 2.71 bits per heavy atom. The fraction of sp³-hybridized carbons (Fsp3) is 0.182. The SMILES string of the molecule is CC(=O)/C(=C\Br)C(O)c1cccc([N+](=O)[O-])c1. The van der Waals surface area contributed by atoms with Crippen LogP contribution < -0.4 is 0 Å². The third-order valence-corrected chi connectivity index (χ3v) is 2.71. The van der Waals surface area contributed by atoms with Gasteiger partial charge in [-0.15, -0.1) is 0 Å². The van der Waals surface area contributed by atoms with Gasteiger partial charge in [0.2, 0.25) is 0 Å². The lowest BCUT2D eigenvalue weighted by atomic mass is 10.00. The lowest BCUT2D eigenvalue weighted by Gasteiger charge is -2.11. The summed E-state index contributed by atoms with van der Waals surface area (Å²) in [5, 5.41) is 20.5. The number of rotatable bonds is 4. The molecule has 0 amide bonds. The van der Waals surface area contributed by atoms with Crippen LogP contribution in [0.2, 0.25) is 0 Å². The van der Waals surface area contributed by atoms with E-state index in [0.29, 0.717) is 5.56 Å². The highest BCUT2D eigenvalue weighted by molar-refractivity contribution is 9.11. The molecule has 0 fully saturated rings. The molecule has 0 aliphatic rings. The Morgan fingerprint density at radius 1 is 1.59 bits per heavy atom. The van der Waals surface area contributed by atoms with Gasteiger partial charge in [0.1, 0.15) is 6.10 Å². The van der Waals surface area contributed by atoms with Crippen molar-refractivity contribution in [3.8, 4) is 0 Å². The maximum Gasteiger partial charge on any atom is 0.269 e. The van der Waals surface area contributed by atoms with E-state index >= 15 is 0 Å². The molecule has 0 aliphatic heterocycles. The van der Waals surface area contributed by atoms with Gasteiger partial charge >= 0.3 is 0 Å². The van der Waals surface area contributed by atoms with Crippen molar-refractivity contribution in [1.29, 1.82) is 0 Å². The Balaban J connectivity index is 3.12. The largest absolute Gasteiger partial charge is 0.384 e. The number of nitro benzene ring substituents is 1. The highest BCUT2D eigenvalue weighted by Gasteiger charge is 2.18. The smallest absolute Gasteiger partial charge is 0.269 e. The van der Waals surface area contributed by atoms with Crippen LogP contribution in [0.3, 0.4) is 0 Å². The second kappa shape index (κ2) is 5.70.